The van der Waals surface area contributed by atoms with Gasteiger partial charge in [0.15, 0.2) is 0 Å². The lowest BCUT2D eigenvalue weighted by molar-refractivity contribution is 0.0263. The van der Waals surface area contributed by atoms with Gasteiger partial charge in [0.1, 0.15) is 17.3 Å². The van der Waals surface area contributed by atoms with Crippen LogP contribution in [0.15, 0.2) is 12.4 Å². The zero-order chi connectivity index (χ0) is 11.8. The number of halogens is 1. The first-order valence-electron chi connectivity index (χ1n) is 5.41. The maximum absolute atomic E-state index is 9.95. The van der Waals surface area contributed by atoms with Gasteiger partial charge in [-0.25, -0.2) is 9.97 Å². The van der Waals surface area contributed by atoms with Crippen LogP contribution in [0.5, 0.6) is 0 Å². The molecule has 1 aromatic heterocycles. The van der Waals surface area contributed by atoms with Crippen molar-refractivity contribution in [3.05, 3.63) is 17.5 Å². The topological polar surface area (TPSA) is 49.2 Å². The molecule has 88 valence electrons. The number of aromatic nitrogens is 2. The van der Waals surface area contributed by atoms with Crippen LogP contribution in [0.4, 0.5) is 5.82 Å². The van der Waals surface area contributed by atoms with Crippen molar-refractivity contribution in [3.63, 3.8) is 0 Å². The third-order valence-electron chi connectivity index (χ3n) is 3.13. The lowest BCUT2D eigenvalue weighted by Crippen LogP contribution is -2.33. The van der Waals surface area contributed by atoms with Crippen molar-refractivity contribution in [1.29, 1.82) is 0 Å². The molecule has 0 aliphatic carbocycles. The summed E-state index contributed by atoms with van der Waals surface area (Å²) in [6.45, 7) is 5.43. The normalized spacial score (nSPS) is 21.5. The van der Waals surface area contributed by atoms with Crippen molar-refractivity contribution in [3.8, 4) is 0 Å². The Morgan fingerprint density at radius 2 is 2.25 bits per heavy atom. The van der Waals surface area contributed by atoms with E-state index in [2.05, 4.69) is 14.9 Å². The zero-order valence-electron chi connectivity index (χ0n) is 9.52. The van der Waals surface area contributed by atoms with Gasteiger partial charge in [-0.05, 0) is 20.3 Å². The van der Waals surface area contributed by atoms with Crippen molar-refractivity contribution in [2.75, 3.05) is 18.0 Å². The summed E-state index contributed by atoms with van der Waals surface area (Å²) in [7, 11) is 0. The monoisotopic (exact) mass is 241 g/mol. The van der Waals surface area contributed by atoms with E-state index in [4.69, 9.17) is 11.6 Å². The van der Waals surface area contributed by atoms with Crippen LogP contribution in [0, 0.1) is 5.92 Å². The SMILES string of the molecule is CC(C)(O)C1CCN(c2cc(Cl)ncn2)C1. The van der Waals surface area contributed by atoms with Gasteiger partial charge in [-0.1, -0.05) is 11.6 Å². The Morgan fingerprint density at radius 3 is 2.81 bits per heavy atom. The predicted octanol–water partition coefficient (Wildman–Crippen LogP) is 1.73. The first-order valence-corrected chi connectivity index (χ1v) is 5.79. The molecule has 1 saturated heterocycles. The van der Waals surface area contributed by atoms with Crippen molar-refractivity contribution < 1.29 is 5.11 Å². The molecule has 0 bridgehead atoms. The standard InChI is InChI=1S/C11H16ClN3O/c1-11(2,16)8-3-4-15(6-8)10-5-9(12)13-7-14-10/h5,7-8,16H,3-4,6H2,1-2H3. The zero-order valence-corrected chi connectivity index (χ0v) is 10.3. The second-order valence-electron chi connectivity index (χ2n) is 4.78. The first-order chi connectivity index (χ1) is 7.47. The fourth-order valence-electron chi connectivity index (χ4n) is 2.04. The van der Waals surface area contributed by atoms with E-state index in [1.54, 1.807) is 6.07 Å². The summed E-state index contributed by atoms with van der Waals surface area (Å²) >= 11 is 5.82. The van der Waals surface area contributed by atoms with Gasteiger partial charge in [0, 0.05) is 25.1 Å². The highest BCUT2D eigenvalue weighted by molar-refractivity contribution is 6.29. The van der Waals surface area contributed by atoms with Crippen LogP contribution in [-0.2, 0) is 0 Å². The lowest BCUT2D eigenvalue weighted by Gasteiger charge is -2.25. The molecule has 0 aromatic carbocycles. The maximum Gasteiger partial charge on any atom is 0.134 e. The van der Waals surface area contributed by atoms with Crippen LogP contribution >= 0.6 is 11.6 Å². The van der Waals surface area contributed by atoms with Crippen LogP contribution < -0.4 is 4.90 Å². The van der Waals surface area contributed by atoms with Gasteiger partial charge in [-0.3, -0.25) is 0 Å². The molecule has 2 rings (SSSR count). The van der Waals surface area contributed by atoms with Crippen LogP contribution in [0.1, 0.15) is 20.3 Å². The number of nitrogens with zero attached hydrogens (tertiary/aromatic N) is 3. The Hall–Kier alpha value is -0.870. The molecule has 1 unspecified atom stereocenters. The van der Waals surface area contributed by atoms with E-state index in [0.717, 1.165) is 25.3 Å². The number of aliphatic hydroxyl groups is 1. The van der Waals surface area contributed by atoms with Gasteiger partial charge in [0.25, 0.3) is 0 Å². The van der Waals surface area contributed by atoms with Crippen LogP contribution in [0.25, 0.3) is 0 Å². The summed E-state index contributed by atoms with van der Waals surface area (Å²) < 4.78 is 0. The smallest absolute Gasteiger partial charge is 0.134 e. The van der Waals surface area contributed by atoms with Crippen molar-refractivity contribution in [2.45, 2.75) is 25.9 Å². The molecule has 5 heteroatoms. The van der Waals surface area contributed by atoms with Crippen molar-refractivity contribution >= 4 is 17.4 Å². The van der Waals surface area contributed by atoms with E-state index in [-0.39, 0.29) is 5.92 Å². The molecule has 1 aliphatic rings. The number of rotatable bonds is 2. The average Bonchev–Trinajstić information content (AvgIpc) is 2.65. The third-order valence-corrected chi connectivity index (χ3v) is 3.34. The van der Waals surface area contributed by atoms with E-state index >= 15 is 0 Å². The quantitative estimate of drug-likeness (QED) is 0.802. The average molecular weight is 242 g/mol. The molecule has 1 fully saturated rings. The second-order valence-corrected chi connectivity index (χ2v) is 5.17. The van der Waals surface area contributed by atoms with Gasteiger partial charge >= 0.3 is 0 Å². The number of hydrogen-bond acceptors (Lipinski definition) is 4. The Morgan fingerprint density at radius 1 is 1.50 bits per heavy atom. The molecule has 1 aromatic rings. The minimum Gasteiger partial charge on any atom is -0.390 e. The fourth-order valence-corrected chi connectivity index (χ4v) is 2.18. The third kappa shape index (κ3) is 2.44. The number of hydrogen-bond donors (Lipinski definition) is 1. The van der Waals surface area contributed by atoms with Crippen LogP contribution in [0.3, 0.4) is 0 Å². The summed E-state index contributed by atoms with van der Waals surface area (Å²) in [4.78, 5) is 10.2. The Bertz CT molecular complexity index is 378. The van der Waals surface area contributed by atoms with Crippen molar-refractivity contribution in [2.24, 2.45) is 5.92 Å². The summed E-state index contributed by atoms with van der Waals surface area (Å²) in [6, 6.07) is 1.76. The van der Waals surface area contributed by atoms with E-state index in [1.807, 2.05) is 13.8 Å². The van der Waals surface area contributed by atoms with Gasteiger partial charge in [0.2, 0.25) is 0 Å². The summed E-state index contributed by atoms with van der Waals surface area (Å²) in [5.41, 5.74) is -0.633. The highest BCUT2D eigenvalue weighted by Crippen LogP contribution is 2.29. The second kappa shape index (κ2) is 4.18. The predicted molar refractivity (Wildman–Crippen MR) is 63.7 cm³/mol. The maximum atomic E-state index is 9.95. The molecule has 1 N–H and O–H groups in total. The molecule has 16 heavy (non-hydrogen) atoms. The molecule has 0 saturated carbocycles. The highest BCUT2D eigenvalue weighted by Gasteiger charge is 2.33. The minimum atomic E-state index is -0.633. The Labute approximate surface area is 100 Å². The molecule has 4 nitrogen and oxygen atoms in total. The summed E-state index contributed by atoms with van der Waals surface area (Å²) in [5, 5.41) is 10.4. The van der Waals surface area contributed by atoms with Gasteiger partial charge in [-0.15, -0.1) is 0 Å². The highest BCUT2D eigenvalue weighted by atomic mass is 35.5. The largest absolute Gasteiger partial charge is 0.390 e. The number of anilines is 1. The Balaban J connectivity index is 2.09. The molecule has 0 amide bonds. The van der Waals surface area contributed by atoms with Gasteiger partial charge in [0.05, 0.1) is 5.60 Å². The molecule has 1 aliphatic heterocycles. The van der Waals surface area contributed by atoms with Crippen molar-refractivity contribution in [1.82, 2.24) is 9.97 Å². The van der Waals surface area contributed by atoms with Gasteiger partial charge < -0.3 is 10.0 Å². The van der Waals surface area contributed by atoms with E-state index in [0.29, 0.717) is 5.15 Å². The van der Waals surface area contributed by atoms with E-state index in [9.17, 15) is 5.11 Å². The van der Waals surface area contributed by atoms with E-state index < -0.39 is 5.60 Å². The van der Waals surface area contributed by atoms with Gasteiger partial charge in [-0.2, -0.15) is 0 Å². The summed E-state index contributed by atoms with van der Waals surface area (Å²) in [6.07, 6.45) is 2.44. The lowest BCUT2D eigenvalue weighted by atomic mass is 9.90. The molecule has 0 radical (unpaired) electrons. The van der Waals surface area contributed by atoms with Crippen LogP contribution in [0.2, 0.25) is 5.15 Å². The van der Waals surface area contributed by atoms with Crippen LogP contribution in [-0.4, -0.2) is 33.8 Å². The fraction of sp³-hybridized carbons (Fsp3) is 0.636. The molecule has 0 spiro atoms. The molecular weight excluding hydrogens is 226 g/mol. The first kappa shape index (κ1) is 11.6. The Kier molecular flexibility index (Phi) is 3.04. The molecular formula is C11H16ClN3O. The van der Waals surface area contributed by atoms with E-state index in [1.165, 1.54) is 6.33 Å². The minimum absolute atomic E-state index is 0.279. The summed E-state index contributed by atoms with van der Waals surface area (Å²) in [5.74, 6) is 1.12. The molecule has 2 heterocycles. The molecule has 1 atom stereocenters.